The summed E-state index contributed by atoms with van der Waals surface area (Å²) in [6.07, 6.45) is 2.34. The van der Waals surface area contributed by atoms with Gasteiger partial charge in [-0.25, -0.2) is 4.79 Å². The van der Waals surface area contributed by atoms with E-state index in [1.54, 1.807) is 0 Å². The fourth-order valence-electron chi connectivity index (χ4n) is 0.620. The lowest BCUT2D eigenvalue weighted by Crippen LogP contribution is -1.92. The van der Waals surface area contributed by atoms with Gasteiger partial charge in [0.25, 0.3) is 0 Å². The number of oxazole rings is 1. The van der Waals surface area contributed by atoms with E-state index in [2.05, 4.69) is 9.40 Å². The maximum Gasteiger partial charge on any atom is 0.416 e. The zero-order valence-electron chi connectivity index (χ0n) is 5.26. The van der Waals surface area contributed by atoms with Gasteiger partial charge in [-0.3, -0.25) is 4.98 Å². The molecule has 0 atom stereocenters. The third kappa shape index (κ3) is 1.49. The van der Waals surface area contributed by atoms with Crippen molar-refractivity contribution < 1.29 is 4.42 Å². The van der Waals surface area contributed by atoms with Crippen LogP contribution in [0.3, 0.4) is 0 Å². The van der Waals surface area contributed by atoms with E-state index in [0.717, 1.165) is 0 Å². The number of nitrogens with one attached hydrogen (secondary N) is 1. The molecule has 4 heteroatoms. The van der Waals surface area contributed by atoms with E-state index in [0.29, 0.717) is 18.6 Å². The van der Waals surface area contributed by atoms with Crippen molar-refractivity contribution in [3.63, 3.8) is 0 Å². The van der Waals surface area contributed by atoms with Crippen LogP contribution < -0.4 is 5.76 Å². The molecule has 0 aromatic carbocycles. The molecule has 1 heterocycles. The first kappa shape index (κ1) is 6.62. The van der Waals surface area contributed by atoms with E-state index >= 15 is 0 Å². The SMILES string of the molecule is N#CCCc1c[nH]c(=O)o1. The minimum absolute atomic E-state index is 0.376. The molecule has 0 aliphatic carbocycles. The highest BCUT2D eigenvalue weighted by atomic mass is 16.4. The molecule has 1 aromatic heterocycles. The van der Waals surface area contributed by atoms with Crippen molar-refractivity contribution >= 4 is 0 Å². The number of nitriles is 1. The summed E-state index contributed by atoms with van der Waals surface area (Å²) in [6.45, 7) is 0. The van der Waals surface area contributed by atoms with Crippen LogP contribution in [-0.4, -0.2) is 4.98 Å². The molecule has 0 spiro atoms. The van der Waals surface area contributed by atoms with Gasteiger partial charge in [-0.1, -0.05) is 0 Å². The van der Waals surface area contributed by atoms with E-state index in [-0.39, 0.29) is 0 Å². The number of aryl methyl sites for hydroxylation is 1. The summed E-state index contributed by atoms with van der Waals surface area (Å²) >= 11 is 0. The third-order valence-corrected chi connectivity index (χ3v) is 1.06. The lowest BCUT2D eigenvalue weighted by atomic mass is 10.3. The Morgan fingerprint density at radius 2 is 2.60 bits per heavy atom. The summed E-state index contributed by atoms with van der Waals surface area (Å²) in [5.41, 5.74) is 0. The molecule has 10 heavy (non-hydrogen) atoms. The van der Waals surface area contributed by atoms with Gasteiger partial charge >= 0.3 is 5.76 Å². The molecule has 1 N–H and O–H groups in total. The lowest BCUT2D eigenvalue weighted by Gasteiger charge is -1.82. The van der Waals surface area contributed by atoms with E-state index in [9.17, 15) is 4.79 Å². The summed E-state index contributed by atoms with van der Waals surface area (Å²) in [6, 6.07) is 1.95. The number of rotatable bonds is 2. The Balaban J connectivity index is 2.61. The van der Waals surface area contributed by atoms with Crippen LogP contribution in [0, 0.1) is 11.3 Å². The van der Waals surface area contributed by atoms with Crippen LogP contribution in [0.5, 0.6) is 0 Å². The van der Waals surface area contributed by atoms with Crippen LogP contribution in [0.15, 0.2) is 15.4 Å². The van der Waals surface area contributed by atoms with Crippen molar-refractivity contribution in [3.8, 4) is 6.07 Å². The molecule has 0 saturated carbocycles. The molecule has 0 radical (unpaired) electrons. The van der Waals surface area contributed by atoms with Gasteiger partial charge in [0.15, 0.2) is 0 Å². The Hall–Kier alpha value is -1.50. The first-order chi connectivity index (χ1) is 4.83. The highest BCUT2D eigenvalue weighted by molar-refractivity contribution is 4.91. The Morgan fingerprint density at radius 1 is 1.80 bits per heavy atom. The lowest BCUT2D eigenvalue weighted by molar-refractivity contribution is 0.470. The zero-order valence-corrected chi connectivity index (χ0v) is 5.26. The molecule has 0 aliphatic rings. The summed E-state index contributed by atoms with van der Waals surface area (Å²) in [5.74, 6) is 0.0690. The first-order valence-electron chi connectivity index (χ1n) is 2.87. The maximum atomic E-state index is 10.3. The van der Waals surface area contributed by atoms with Crippen molar-refractivity contribution in [2.75, 3.05) is 0 Å². The number of hydrogen-bond acceptors (Lipinski definition) is 3. The number of aromatic nitrogens is 1. The summed E-state index contributed by atoms with van der Waals surface area (Å²) in [7, 11) is 0. The maximum absolute atomic E-state index is 10.3. The van der Waals surface area contributed by atoms with Crippen LogP contribution in [0.1, 0.15) is 12.2 Å². The summed E-state index contributed by atoms with van der Waals surface area (Å²) in [4.78, 5) is 12.7. The smallest absolute Gasteiger partial charge is 0.413 e. The van der Waals surface area contributed by atoms with E-state index in [1.165, 1.54) is 6.20 Å². The third-order valence-electron chi connectivity index (χ3n) is 1.06. The van der Waals surface area contributed by atoms with Crippen LogP contribution in [0.4, 0.5) is 0 Å². The molecule has 1 aromatic rings. The molecule has 4 nitrogen and oxygen atoms in total. The molecule has 52 valence electrons. The van der Waals surface area contributed by atoms with Crippen LogP contribution in [0.2, 0.25) is 0 Å². The monoisotopic (exact) mass is 138 g/mol. The number of aromatic amines is 1. The molecule has 0 fully saturated rings. The molecule has 0 unspecified atom stereocenters. The van der Waals surface area contributed by atoms with Gasteiger partial charge in [0, 0.05) is 19.0 Å². The zero-order chi connectivity index (χ0) is 7.40. The standard InChI is InChI=1S/C6H6N2O2/c7-3-1-2-5-4-8-6(9)10-5/h4H,1-2H2,(H,8,9). The largest absolute Gasteiger partial charge is 0.416 e. The predicted octanol–water partition coefficient (Wildman–Crippen LogP) is 0.424. The minimum atomic E-state index is -0.465. The van der Waals surface area contributed by atoms with Crippen molar-refractivity contribution in [2.45, 2.75) is 12.8 Å². The Kier molecular flexibility index (Phi) is 1.90. The highest BCUT2D eigenvalue weighted by Gasteiger charge is 1.96. The average Bonchev–Trinajstić information content (AvgIpc) is 2.31. The Bertz CT molecular complexity index is 291. The quantitative estimate of drug-likeness (QED) is 0.644. The van der Waals surface area contributed by atoms with Gasteiger partial charge in [0.05, 0.1) is 6.07 Å². The van der Waals surface area contributed by atoms with Gasteiger partial charge in [0.1, 0.15) is 5.76 Å². The summed E-state index contributed by atoms with van der Waals surface area (Å²) < 4.78 is 4.62. The minimum Gasteiger partial charge on any atom is -0.413 e. The van der Waals surface area contributed by atoms with E-state index in [4.69, 9.17) is 5.26 Å². The Labute approximate surface area is 57.1 Å². The van der Waals surface area contributed by atoms with Crippen LogP contribution >= 0.6 is 0 Å². The van der Waals surface area contributed by atoms with Gasteiger partial charge in [-0.15, -0.1) is 0 Å². The van der Waals surface area contributed by atoms with E-state index in [1.807, 2.05) is 6.07 Å². The van der Waals surface area contributed by atoms with Crippen molar-refractivity contribution in [1.29, 1.82) is 5.26 Å². The van der Waals surface area contributed by atoms with Crippen LogP contribution in [0.25, 0.3) is 0 Å². The molecule has 1 rings (SSSR count). The second kappa shape index (κ2) is 2.87. The number of hydrogen-bond donors (Lipinski definition) is 1. The van der Waals surface area contributed by atoms with Gasteiger partial charge < -0.3 is 4.42 Å². The molecule has 0 aliphatic heterocycles. The van der Waals surface area contributed by atoms with Crippen molar-refractivity contribution in [3.05, 3.63) is 22.5 Å². The van der Waals surface area contributed by atoms with Crippen molar-refractivity contribution in [2.24, 2.45) is 0 Å². The average molecular weight is 138 g/mol. The normalized spacial score (nSPS) is 9.10. The topological polar surface area (TPSA) is 69.8 Å². The summed E-state index contributed by atoms with van der Waals surface area (Å²) in [5, 5.41) is 8.15. The fourth-order valence-corrected chi connectivity index (χ4v) is 0.620. The molecule has 0 amide bonds. The first-order valence-corrected chi connectivity index (χ1v) is 2.87. The number of H-pyrrole nitrogens is 1. The highest BCUT2D eigenvalue weighted by Crippen LogP contribution is 1.95. The van der Waals surface area contributed by atoms with Crippen molar-refractivity contribution in [1.82, 2.24) is 4.98 Å². The van der Waals surface area contributed by atoms with Gasteiger partial charge in [-0.05, 0) is 0 Å². The second-order valence-corrected chi connectivity index (χ2v) is 1.80. The second-order valence-electron chi connectivity index (χ2n) is 1.80. The van der Waals surface area contributed by atoms with Gasteiger partial charge in [0.2, 0.25) is 0 Å². The Morgan fingerprint density at radius 3 is 3.10 bits per heavy atom. The van der Waals surface area contributed by atoms with Gasteiger partial charge in [-0.2, -0.15) is 5.26 Å². The number of nitrogens with zero attached hydrogens (tertiary/aromatic N) is 1. The fraction of sp³-hybridized carbons (Fsp3) is 0.333. The molecule has 0 bridgehead atoms. The van der Waals surface area contributed by atoms with E-state index < -0.39 is 5.76 Å². The predicted molar refractivity (Wildman–Crippen MR) is 33.3 cm³/mol. The van der Waals surface area contributed by atoms with Crippen LogP contribution in [-0.2, 0) is 6.42 Å². The molecule has 0 saturated heterocycles. The molecular formula is C6H6N2O2. The molecular weight excluding hydrogens is 132 g/mol.